The molecule has 5 heteroatoms. The lowest BCUT2D eigenvalue weighted by Gasteiger charge is -2.50. The van der Waals surface area contributed by atoms with Crippen LogP contribution in [0.1, 0.15) is 42.6 Å². The lowest BCUT2D eigenvalue weighted by Crippen LogP contribution is -2.63. The van der Waals surface area contributed by atoms with E-state index in [-0.39, 0.29) is 11.9 Å². The molecular weight excluding hydrogens is 256 g/mol. The van der Waals surface area contributed by atoms with Gasteiger partial charge in [-0.25, -0.2) is 0 Å². The minimum Gasteiger partial charge on any atom is -0.377 e. The predicted molar refractivity (Wildman–Crippen MR) is 71.1 cm³/mol. The van der Waals surface area contributed by atoms with Gasteiger partial charge in [-0.05, 0) is 12.3 Å². The first kappa shape index (κ1) is 12.4. The Bertz CT molecular complexity index is 477. The van der Waals surface area contributed by atoms with E-state index in [9.17, 15) is 4.79 Å². The van der Waals surface area contributed by atoms with E-state index < -0.39 is 0 Å². The molecule has 4 rings (SSSR count). The highest BCUT2D eigenvalue weighted by Gasteiger charge is 2.57. The zero-order valence-corrected chi connectivity index (χ0v) is 11.5. The second-order valence-corrected chi connectivity index (χ2v) is 6.29. The molecule has 0 bridgehead atoms. The van der Waals surface area contributed by atoms with Gasteiger partial charge in [0.1, 0.15) is 6.26 Å². The first-order valence-corrected chi connectivity index (χ1v) is 7.67. The topological polar surface area (TPSA) is 64.4 Å². The Hall–Kier alpha value is -1.36. The van der Waals surface area contributed by atoms with Gasteiger partial charge in [0.05, 0.1) is 6.10 Å². The molecular formula is C15H20N2O3. The van der Waals surface area contributed by atoms with Crippen LogP contribution >= 0.6 is 0 Å². The van der Waals surface area contributed by atoms with E-state index in [1.54, 1.807) is 6.07 Å². The molecule has 2 aliphatic carbocycles. The van der Waals surface area contributed by atoms with Crippen molar-refractivity contribution in [1.82, 2.24) is 10.5 Å². The molecule has 4 atom stereocenters. The van der Waals surface area contributed by atoms with Gasteiger partial charge in [0.2, 0.25) is 0 Å². The molecule has 0 radical (unpaired) electrons. The maximum absolute atomic E-state index is 12.2. The maximum Gasteiger partial charge on any atom is 0.273 e. The van der Waals surface area contributed by atoms with Crippen molar-refractivity contribution in [2.45, 2.75) is 44.2 Å². The lowest BCUT2D eigenvalue weighted by atomic mass is 9.61. The largest absolute Gasteiger partial charge is 0.377 e. The van der Waals surface area contributed by atoms with Crippen molar-refractivity contribution < 1.29 is 14.1 Å². The fourth-order valence-corrected chi connectivity index (χ4v) is 4.41. The Morgan fingerprint density at radius 2 is 2.15 bits per heavy atom. The molecule has 0 unspecified atom stereocenters. The average molecular weight is 276 g/mol. The van der Waals surface area contributed by atoms with Crippen molar-refractivity contribution in [2.24, 2.45) is 17.8 Å². The molecule has 1 aliphatic heterocycles. The van der Waals surface area contributed by atoms with E-state index in [0.717, 1.165) is 18.9 Å². The number of nitrogens with one attached hydrogen (secondary N) is 1. The summed E-state index contributed by atoms with van der Waals surface area (Å²) in [6, 6.07) is 1.87. The summed E-state index contributed by atoms with van der Waals surface area (Å²) >= 11 is 0. The molecule has 1 aromatic heterocycles. The fraction of sp³-hybridized carbons (Fsp3) is 0.733. The number of fused-ring (bicyclic) bond motifs is 1. The maximum atomic E-state index is 12.2. The van der Waals surface area contributed by atoms with Crippen LogP contribution in [0, 0.1) is 17.8 Å². The third-order valence-corrected chi connectivity index (χ3v) is 5.35. The van der Waals surface area contributed by atoms with Crippen LogP contribution in [0.4, 0.5) is 0 Å². The summed E-state index contributed by atoms with van der Waals surface area (Å²) in [5.74, 6) is 1.60. The molecule has 108 valence electrons. The summed E-state index contributed by atoms with van der Waals surface area (Å²) in [7, 11) is 0. The van der Waals surface area contributed by atoms with Crippen LogP contribution < -0.4 is 5.32 Å². The summed E-state index contributed by atoms with van der Waals surface area (Å²) in [6.45, 7) is 0.842. The summed E-state index contributed by atoms with van der Waals surface area (Å²) in [5.41, 5.74) is 0.373. The van der Waals surface area contributed by atoms with E-state index >= 15 is 0 Å². The van der Waals surface area contributed by atoms with Crippen LogP contribution in [-0.2, 0) is 4.74 Å². The minimum absolute atomic E-state index is 0.114. The Balaban J connectivity index is 1.48. The van der Waals surface area contributed by atoms with Crippen LogP contribution in [0.5, 0.6) is 0 Å². The number of carbonyl (C=O) groups excluding carboxylic acids is 1. The van der Waals surface area contributed by atoms with Crippen molar-refractivity contribution in [3.05, 3.63) is 18.0 Å². The Morgan fingerprint density at radius 1 is 1.30 bits per heavy atom. The molecule has 1 saturated heterocycles. The number of aromatic nitrogens is 1. The summed E-state index contributed by atoms with van der Waals surface area (Å²) in [6.07, 6.45) is 8.09. The molecule has 0 aromatic carbocycles. The highest BCUT2D eigenvalue weighted by Crippen LogP contribution is 2.51. The second-order valence-electron chi connectivity index (χ2n) is 6.29. The fourth-order valence-electron chi connectivity index (χ4n) is 4.41. The van der Waals surface area contributed by atoms with Crippen molar-refractivity contribution in [1.29, 1.82) is 0 Å². The van der Waals surface area contributed by atoms with Gasteiger partial charge in [0, 0.05) is 30.6 Å². The van der Waals surface area contributed by atoms with Gasteiger partial charge in [-0.2, -0.15) is 0 Å². The van der Waals surface area contributed by atoms with Gasteiger partial charge in [-0.3, -0.25) is 4.79 Å². The van der Waals surface area contributed by atoms with E-state index in [1.165, 1.54) is 31.9 Å². The van der Waals surface area contributed by atoms with Crippen molar-refractivity contribution in [3.8, 4) is 0 Å². The smallest absolute Gasteiger partial charge is 0.273 e. The minimum atomic E-state index is -0.114. The average Bonchev–Trinajstić information content (AvgIpc) is 3.18. The van der Waals surface area contributed by atoms with Crippen molar-refractivity contribution in [3.63, 3.8) is 0 Å². The molecule has 3 aliphatic rings. The van der Waals surface area contributed by atoms with E-state index in [2.05, 4.69) is 10.5 Å². The van der Waals surface area contributed by atoms with Gasteiger partial charge >= 0.3 is 0 Å². The van der Waals surface area contributed by atoms with Gasteiger partial charge < -0.3 is 14.6 Å². The summed E-state index contributed by atoms with van der Waals surface area (Å²) in [5, 5.41) is 6.89. The van der Waals surface area contributed by atoms with Gasteiger partial charge in [-0.1, -0.05) is 30.8 Å². The monoisotopic (exact) mass is 276 g/mol. The van der Waals surface area contributed by atoms with Crippen molar-refractivity contribution >= 4 is 5.91 Å². The standard InChI is InChI=1S/C15H20N2O3/c18-15(11-6-8-20-17-11)16-13-10-5-7-19-14(10)12(13)9-3-1-2-4-9/h6,8-10,12-14H,1-5,7H2,(H,16,18)/t10-,12+,13+,14-/m0/s1. The molecule has 20 heavy (non-hydrogen) atoms. The zero-order chi connectivity index (χ0) is 13.5. The number of hydrogen-bond acceptors (Lipinski definition) is 4. The van der Waals surface area contributed by atoms with Gasteiger partial charge in [0.15, 0.2) is 5.69 Å². The summed E-state index contributed by atoms with van der Waals surface area (Å²) < 4.78 is 10.6. The highest BCUT2D eigenvalue weighted by molar-refractivity contribution is 5.92. The first-order valence-electron chi connectivity index (χ1n) is 7.67. The molecule has 2 saturated carbocycles. The molecule has 1 amide bonds. The second kappa shape index (κ2) is 4.88. The first-order chi connectivity index (χ1) is 9.84. The normalized spacial score (nSPS) is 36.6. The van der Waals surface area contributed by atoms with E-state index in [1.807, 2.05) is 0 Å². The van der Waals surface area contributed by atoms with Crippen LogP contribution in [0.25, 0.3) is 0 Å². The number of ether oxygens (including phenoxy) is 1. The Kier molecular flexibility index (Phi) is 3.02. The predicted octanol–water partition coefficient (Wildman–Crippen LogP) is 2.00. The molecule has 1 aromatic rings. The number of nitrogens with zero attached hydrogens (tertiary/aromatic N) is 1. The number of hydrogen-bond donors (Lipinski definition) is 1. The zero-order valence-electron chi connectivity index (χ0n) is 11.5. The third kappa shape index (κ3) is 1.87. The quantitative estimate of drug-likeness (QED) is 0.917. The van der Waals surface area contributed by atoms with Crippen LogP contribution in [-0.4, -0.2) is 29.8 Å². The van der Waals surface area contributed by atoms with Crippen LogP contribution in [0.2, 0.25) is 0 Å². The summed E-state index contributed by atoms with van der Waals surface area (Å²) in [4.78, 5) is 12.2. The van der Waals surface area contributed by atoms with E-state index in [0.29, 0.717) is 23.6 Å². The van der Waals surface area contributed by atoms with E-state index in [4.69, 9.17) is 9.26 Å². The molecule has 1 N–H and O–H groups in total. The molecule has 3 fully saturated rings. The molecule has 2 heterocycles. The van der Waals surface area contributed by atoms with Crippen LogP contribution in [0.15, 0.2) is 16.9 Å². The number of amides is 1. The molecule has 0 spiro atoms. The van der Waals surface area contributed by atoms with Crippen LogP contribution in [0.3, 0.4) is 0 Å². The van der Waals surface area contributed by atoms with Gasteiger partial charge in [0.25, 0.3) is 5.91 Å². The van der Waals surface area contributed by atoms with Gasteiger partial charge in [-0.15, -0.1) is 0 Å². The third-order valence-electron chi connectivity index (χ3n) is 5.35. The number of rotatable bonds is 3. The highest BCUT2D eigenvalue weighted by atomic mass is 16.5. The van der Waals surface area contributed by atoms with Crippen molar-refractivity contribution in [2.75, 3.05) is 6.61 Å². The molecule has 5 nitrogen and oxygen atoms in total. The number of carbonyl (C=O) groups is 1. The SMILES string of the molecule is O=C(N[C@@H]1[C@@H]2CCO[C@@H]2[C@@H]1C1CCCC1)c1ccon1. The Morgan fingerprint density at radius 3 is 2.90 bits per heavy atom. The lowest BCUT2D eigenvalue weighted by molar-refractivity contribution is -0.0785. The Labute approximate surface area is 118 Å².